The molecule has 1 aliphatic heterocycles. The van der Waals surface area contributed by atoms with Crippen LogP contribution in [0.1, 0.15) is 18.1 Å². The lowest BCUT2D eigenvalue weighted by Gasteiger charge is -2.16. The molecule has 2 amide bonds. The highest BCUT2D eigenvalue weighted by Gasteiger charge is 2.35. The molecule has 1 aliphatic rings. The van der Waals surface area contributed by atoms with E-state index in [0.29, 0.717) is 30.4 Å². The Kier molecular flexibility index (Phi) is 5.57. The fraction of sp³-hybridized carbons (Fsp3) is 0.412. The lowest BCUT2D eigenvalue weighted by molar-refractivity contribution is -0.126. The van der Waals surface area contributed by atoms with Crippen molar-refractivity contribution in [3.05, 3.63) is 41.8 Å². The number of hydrogen-bond donors (Lipinski definition) is 1. The number of ether oxygens (including phenoxy) is 1. The second kappa shape index (κ2) is 8.05. The van der Waals surface area contributed by atoms with Crippen LogP contribution in [0.3, 0.4) is 0 Å². The number of amides is 2. The third kappa shape index (κ3) is 4.23. The number of anilines is 1. The van der Waals surface area contributed by atoms with Gasteiger partial charge in [0.15, 0.2) is 5.82 Å². The molecule has 2 aromatic rings. The van der Waals surface area contributed by atoms with Gasteiger partial charge >= 0.3 is 0 Å². The van der Waals surface area contributed by atoms with Gasteiger partial charge in [-0.1, -0.05) is 11.2 Å². The van der Waals surface area contributed by atoms with Crippen molar-refractivity contribution < 1.29 is 23.2 Å². The predicted octanol–water partition coefficient (Wildman–Crippen LogP) is 1.07. The molecule has 1 unspecified atom stereocenters. The van der Waals surface area contributed by atoms with Crippen molar-refractivity contribution in [1.29, 1.82) is 0 Å². The highest BCUT2D eigenvalue weighted by molar-refractivity contribution is 6.00. The van der Waals surface area contributed by atoms with Gasteiger partial charge in [0.1, 0.15) is 12.4 Å². The van der Waals surface area contributed by atoms with Crippen LogP contribution in [0.25, 0.3) is 0 Å². The van der Waals surface area contributed by atoms with Crippen LogP contribution in [0.5, 0.6) is 0 Å². The van der Waals surface area contributed by atoms with Gasteiger partial charge in [0.25, 0.3) is 0 Å². The average molecular weight is 362 g/mol. The van der Waals surface area contributed by atoms with Gasteiger partial charge < -0.3 is 19.5 Å². The minimum atomic E-state index is -0.475. The van der Waals surface area contributed by atoms with Crippen LogP contribution in [-0.2, 0) is 27.4 Å². The number of carbonyl (C=O) groups is 2. The topological polar surface area (TPSA) is 97.6 Å². The van der Waals surface area contributed by atoms with Crippen molar-refractivity contribution in [2.45, 2.75) is 19.4 Å². The lowest BCUT2D eigenvalue weighted by atomic mass is 10.1. The molecule has 1 aromatic carbocycles. The number of benzene rings is 1. The molecular formula is C17H19FN4O4. The number of methoxy groups -OCH3 is 1. The summed E-state index contributed by atoms with van der Waals surface area (Å²) in [6, 6.07) is 5.77. The molecule has 138 valence electrons. The molecule has 0 bridgehead atoms. The number of hydrogen-bond acceptors (Lipinski definition) is 6. The molecule has 1 saturated heterocycles. The van der Waals surface area contributed by atoms with Crippen molar-refractivity contribution >= 4 is 17.5 Å². The number of aromatic nitrogens is 2. The van der Waals surface area contributed by atoms with Gasteiger partial charge in [-0.3, -0.25) is 9.59 Å². The van der Waals surface area contributed by atoms with E-state index in [4.69, 9.17) is 9.26 Å². The molecule has 9 heteroatoms. The SMILES string of the molecule is COCc1noc(CCNC(=O)C2CC(=O)N(c3cccc(F)c3)C2)n1. The first-order valence-corrected chi connectivity index (χ1v) is 8.21. The molecule has 1 fully saturated rings. The van der Waals surface area contributed by atoms with Crippen molar-refractivity contribution in [1.82, 2.24) is 15.5 Å². The van der Waals surface area contributed by atoms with Crippen LogP contribution in [-0.4, -0.2) is 42.2 Å². The van der Waals surface area contributed by atoms with Crippen molar-refractivity contribution in [2.24, 2.45) is 5.92 Å². The second-order valence-corrected chi connectivity index (χ2v) is 5.96. The Morgan fingerprint density at radius 2 is 2.35 bits per heavy atom. The molecular weight excluding hydrogens is 343 g/mol. The average Bonchev–Trinajstić information content (AvgIpc) is 3.22. The molecule has 0 radical (unpaired) electrons. The molecule has 1 N–H and O–H groups in total. The molecule has 8 nitrogen and oxygen atoms in total. The maximum absolute atomic E-state index is 13.3. The Balaban J connectivity index is 1.50. The van der Waals surface area contributed by atoms with E-state index in [2.05, 4.69) is 15.5 Å². The number of carbonyl (C=O) groups excluding carboxylic acids is 2. The Bertz CT molecular complexity index is 795. The van der Waals surface area contributed by atoms with Crippen LogP contribution in [0.4, 0.5) is 10.1 Å². The minimum Gasteiger partial charge on any atom is -0.377 e. The smallest absolute Gasteiger partial charge is 0.228 e. The highest BCUT2D eigenvalue weighted by Crippen LogP contribution is 2.25. The zero-order chi connectivity index (χ0) is 18.5. The third-order valence-electron chi connectivity index (χ3n) is 4.04. The van der Waals surface area contributed by atoms with Crippen LogP contribution in [0.2, 0.25) is 0 Å². The maximum Gasteiger partial charge on any atom is 0.228 e. The summed E-state index contributed by atoms with van der Waals surface area (Å²) >= 11 is 0. The van der Waals surface area contributed by atoms with Crippen LogP contribution in [0.15, 0.2) is 28.8 Å². The predicted molar refractivity (Wildman–Crippen MR) is 88.6 cm³/mol. The van der Waals surface area contributed by atoms with Crippen LogP contribution in [0, 0.1) is 11.7 Å². The standard InChI is InChI=1S/C17H19FN4O4/c1-25-10-14-20-15(26-21-14)5-6-19-17(24)11-7-16(23)22(9-11)13-4-2-3-12(18)8-13/h2-4,8,11H,5-7,9-10H2,1H3,(H,19,24). The summed E-state index contributed by atoms with van der Waals surface area (Å²) in [5.74, 6) is -0.471. The summed E-state index contributed by atoms with van der Waals surface area (Å²) in [5, 5.41) is 6.50. The summed E-state index contributed by atoms with van der Waals surface area (Å²) in [4.78, 5) is 30.0. The molecule has 0 saturated carbocycles. The Labute approximate surface area is 149 Å². The van der Waals surface area contributed by atoms with E-state index >= 15 is 0 Å². The summed E-state index contributed by atoms with van der Waals surface area (Å²) in [6.07, 6.45) is 0.484. The summed E-state index contributed by atoms with van der Waals surface area (Å²) in [5.41, 5.74) is 0.460. The van der Waals surface area contributed by atoms with Crippen molar-refractivity contribution in [2.75, 3.05) is 25.1 Å². The second-order valence-electron chi connectivity index (χ2n) is 5.96. The number of rotatable bonds is 7. The fourth-order valence-corrected chi connectivity index (χ4v) is 2.79. The van der Waals surface area contributed by atoms with Gasteiger partial charge in [-0.15, -0.1) is 0 Å². The van der Waals surface area contributed by atoms with E-state index in [1.807, 2.05) is 0 Å². The summed E-state index contributed by atoms with van der Waals surface area (Å²) < 4.78 is 23.3. The van der Waals surface area contributed by atoms with Gasteiger partial charge in [0.2, 0.25) is 17.7 Å². The Morgan fingerprint density at radius 1 is 1.50 bits per heavy atom. The quantitative estimate of drug-likeness (QED) is 0.791. The Morgan fingerprint density at radius 3 is 3.12 bits per heavy atom. The van der Waals surface area contributed by atoms with E-state index in [-0.39, 0.29) is 31.4 Å². The molecule has 26 heavy (non-hydrogen) atoms. The molecule has 1 atom stereocenters. The minimum absolute atomic E-state index is 0.0981. The Hall–Kier alpha value is -2.81. The van der Waals surface area contributed by atoms with Crippen LogP contribution < -0.4 is 10.2 Å². The highest BCUT2D eigenvalue weighted by atomic mass is 19.1. The van der Waals surface area contributed by atoms with E-state index in [0.717, 1.165) is 0 Å². The normalized spacial score (nSPS) is 16.9. The zero-order valence-corrected chi connectivity index (χ0v) is 14.3. The summed E-state index contributed by atoms with van der Waals surface area (Å²) in [6.45, 7) is 0.806. The van der Waals surface area contributed by atoms with E-state index in [1.54, 1.807) is 6.07 Å². The molecule has 2 heterocycles. The van der Waals surface area contributed by atoms with Gasteiger partial charge in [-0.2, -0.15) is 4.98 Å². The van der Waals surface area contributed by atoms with Crippen molar-refractivity contribution in [3.63, 3.8) is 0 Å². The number of nitrogens with zero attached hydrogens (tertiary/aromatic N) is 3. The van der Waals surface area contributed by atoms with Gasteiger partial charge in [-0.25, -0.2) is 4.39 Å². The summed E-state index contributed by atoms with van der Waals surface area (Å²) in [7, 11) is 1.53. The first-order chi connectivity index (χ1) is 12.6. The molecule has 0 aliphatic carbocycles. The zero-order valence-electron chi connectivity index (χ0n) is 14.3. The first kappa shape index (κ1) is 18.0. The molecule has 3 rings (SSSR count). The van der Waals surface area contributed by atoms with E-state index in [1.165, 1.54) is 30.2 Å². The van der Waals surface area contributed by atoms with Gasteiger partial charge in [0.05, 0.1) is 5.92 Å². The maximum atomic E-state index is 13.3. The largest absolute Gasteiger partial charge is 0.377 e. The van der Waals surface area contributed by atoms with Gasteiger partial charge in [0, 0.05) is 38.7 Å². The van der Waals surface area contributed by atoms with E-state index < -0.39 is 11.7 Å². The van der Waals surface area contributed by atoms with Crippen LogP contribution >= 0.6 is 0 Å². The number of halogens is 1. The third-order valence-corrected chi connectivity index (χ3v) is 4.04. The molecule has 0 spiro atoms. The van der Waals surface area contributed by atoms with Gasteiger partial charge in [-0.05, 0) is 18.2 Å². The first-order valence-electron chi connectivity index (χ1n) is 8.21. The number of nitrogens with one attached hydrogen (secondary N) is 1. The fourth-order valence-electron chi connectivity index (χ4n) is 2.79. The monoisotopic (exact) mass is 362 g/mol. The lowest BCUT2D eigenvalue weighted by Crippen LogP contribution is -2.34. The van der Waals surface area contributed by atoms with Crippen molar-refractivity contribution in [3.8, 4) is 0 Å². The molecule has 1 aromatic heterocycles. The van der Waals surface area contributed by atoms with E-state index in [9.17, 15) is 14.0 Å².